The second kappa shape index (κ2) is 11.2. The summed E-state index contributed by atoms with van der Waals surface area (Å²) < 4.78 is 5.19. The molecule has 0 spiro atoms. The van der Waals surface area contributed by atoms with E-state index in [-0.39, 0.29) is 17.6 Å². The molecule has 0 bridgehead atoms. The predicted octanol–water partition coefficient (Wildman–Crippen LogP) is 4.68. The average molecular weight is 483 g/mol. The number of aliphatic imine (C=N–C) groups is 1. The van der Waals surface area contributed by atoms with Crippen molar-refractivity contribution < 1.29 is 14.3 Å². The van der Waals surface area contributed by atoms with Gasteiger partial charge in [0, 0.05) is 0 Å². The molecular formula is C27H22N4O3S. The number of thioether (sulfide) groups is 1. The van der Waals surface area contributed by atoms with Crippen LogP contribution in [0.2, 0.25) is 0 Å². The second-order valence-corrected chi connectivity index (χ2v) is 8.51. The van der Waals surface area contributed by atoms with Crippen molar-refractivity contribution in [2.45, 2.75) is 6.54 Å². The molecule has 0 unspecified atom stereocenters. The molecule has 0 saturated heterocycles. The van der Waals surface area contributed by atoms with E-state index >= 15 is 0 Å². The van der Waals surface area contributed by atoms with Crippen LogP contribution in [0, 0.1) is 11.3 Å². The molecule has 3 aromatic carbocycles. The summed E-state index contributed by atoms with van der Waals surface area (Å²) >= 11 is 1.18. The Morgan fingerprint density at radius 3 is 2.51 bits per heavy atom. The van der Waals surface area contributed by atoms with Crippen molar-refractivity contribution in [2.24, 2.45) is 4.99 Å². The number of amidine groups is 1. The van der Waals surface area contributed by atoms with E-state index in [0.717, 1.165) is 16.9 Å². The number of anilines is 1. The second-order valence-electron chi connectivity index (χ2n) is 7.57. The molecule has 0 aliphatic carbocycles. The van der Waals surface area contributed by atoms with Crippen LogP contribution in [0.4, 0.5) is 5.69 Å². The maximum absolute atomic E-state index is 13.2. The highest BCUT2D eigenvalue weighted by Gasteiger charge is 2.31. The molecule has 0 radical (unpaired) electrons. The van der Waals surface area contributed by atoms with Crippen LogP contribution in [0.1, 0.15) is 16.7 Å². The van der Waals surface area contributed by atoms with E-state index in [9.17, 15) is 14.9 Å². The van der Waals surface area contributed by atoms with Gasteiger partial charge in [-0.3, -0.25) is 14.5 Å². The number of nitrogens with zero attached hydrogens (tertiary/aromatic N) is 3. The molecule has 2 amide bonds. The lowest BCUT2D eigenvalue weighted by Gasteiger charge is -2.17. The van der Waals surface area contributed by atoms with Crippen LogP contribution in [0.3, 0.4) is 0 Å². The van der Waals surface area contributed by atoms with Gasteiger partial charge in [-0.15, -0.1) is 0 Å². The molecule has 174 valence electrons. The topological polar surface area (TPSA) is 94.8 Å². The summed E-state index contributed by atoms with van der Waals surface area (Å²) in [5, 5.41) is 12.4. The Morgan fingerprint density at radius 2 is 1.80 bits per heavy atom. The van der Waals surface area contributed by atoms with E-state index in [0.29, 0.717) is 28.7 Å². The molecule has 4 rings (SSSR count). The fourth-order valence-electron chi connectivity index (χ4n) is 3.41. The van der Waals surface area contributed by atoms with Gasteiger partial charge in [-0.05, 0) is 41.5 Å². The highest BCUT2D eigenvalue weighted by atomic mass is 32.2. The smallest absolute Gasteiger partial charge is 0.278 e. The molecule has 8 heteroatoms. The molecule has 0 atom stereocenters. The third-order valence-corrected chi connectivity index (χ3v) is 6.14. The first-order valence-electron chi connectivity index (χ1n) is 10.8. The fraction of sp³-hybridized carbons (Fsp3) is 0.111. The monoisotopic (exact) mass is 482 g/mol. The van der Waals surface area contributed by atoms with Gasteiger partial charge in [-0.2, -0.15) is 5.26 Å². The number of methoxy groups -OCH3 is 1. The SMILES string of the molecule is COc1ccc(/C=C2\N=C(SCC(=O)Nc3ccccc3C#N)N(Cc3ccccc3)C2=O)cc1. The van der Waals surface area contributed by atoms with Crippen molar-refractivity contribution in [3.63, 3.8) is 0 Å². The van der Waals surface area contributed by atoms with Gasteiger partial charge in [0.05, 0.1) is 30.7 Å². The van der Waals surface area contributed by atoms with E-state index < -0.39 is 0 Å². The van der Waals surface area contributed by atoms with E-state index in [1.54, 1.807) is 42.4 Å². The number of carbonyl (C=O) groups excluding carboxylic acids is 2. The summed E-state index contributed by atoms with van der Waals surface area (Å²) in [7, 11) is 1.60. The summed E-state index contributed by atoms with van der Waals surface area (Å²) in [6.07, 6.45) is 1.72. The Kier molecular flexibility index (Phi) is 7.60. The van der Waals surface area contributed by atoms with Crippen molar-refractivity contribution >= 4 is 40.5 Å². The lowest BCUT2D eigenvalue weighted by atomic mass is 10.1. The minimum atomic E-state index is -0.292. The van der Waals surface area contributed by atoms with Gasteiger partial charge < -0.3 is 10.1 Å². The van der Waals surface area contributed by atoms with Gasteiger partial charge in [-0.25, -0.2) is 4.99 Å². The quantitative estimate of drug-likeness (QED) is 0.494. The Morgan fingerprint density at radius 1 is 1.09 bits per heavy atom. The Balaban J connectivity index is 1.53. The molecule has 3 aromatic rings. The zero-order valence-corrected chi connectivity index (χ0v) is 19.8. The first-order valence-corrected chi connectivity index (χ1v) is 11.8. The number of benzene rings is 3. The number of hydrogen-bond donors (Lipinski definition) is 1. The third-order valence-electron chi connectivity index (χ3n) is 5.17. The lowest BCUT2D eigenvalue weighted by Crippen LogP contribution is -2.31. The van der Waals surface area contributed by atoms with Gasteiger partial charge in [0.2, 0.25) is 5.91 Å². The van der Waals surface area contributed by atoms with Crippen molar-refractivity contribution in [1.82, 2.24) is 4.90 Å². The van der Waals surface area contributed by atoms with Crippen LogP contribution in [0.5, 0.6) is 5.75 Å². The van der Waals surface area contributed by atoms with Crippen LogP contribution in [-0.2, 0) is 16.1 Å². The van der Waals surface area contributed by atoms with Crippen LogP contribution in [-0.4, -0.2) is 34.7 Å². The summed E-state index contributed by atoms with van der Waals surface area (Å²) in [4.78, 5) is 32.0. The van der Waals surface area contributed by atoms with Crippen molar-refractivity contribution in [3.05, 3.63) is 101 Å². The molecule has 1 aliphatic heterocycles. The maximum atomic E-state index is 13.2. The van der Waals surface area contributed by atoms with Gasteiger partial charge in [0.15, 0.2) is 5.17 Å². The number of hydrogen-bond acceptors (Lipinski definition) is 6. The number of carbonyl (C=O) groups is 2. The lowest BCUT2D eigenvalue weighted by molar-refractivity contribution is -0.123. The Hall–Kier alpha value is -4.35. The van der Waals surface area contributed by atoms with Crippen molar-refractivity contribution in [3.8, 4) is 11.8 Å². The van der Waals surface area contributed by atoms with E-state index in [1.807, 2.05) is 54.6 Å². The molecule has 35 heavy (non-hydrogen) atoms. The van der Waals surface area contributed by atoms with Crippen LogP contribution < -0.4 is 10.1 Å². The zero-order chi connectivity index (χ0) is 24.6. The minimum absolute atomic E-state index is 0.0347. The highest BCUT2D eigenvalue weighted by molar-refractivity contribution is 8.14. The molecule has 7 nitrogen and oxygen atoms in total. The van der Waals surface area contributed by atoms with Crippen LogP contribution in [0.15, 0.2) is 89.6 Å². The van der Waals surface area contributed by atoms with E-state index in [2.05, 4.69) is 16.4 Å². The Labute approximate surface area is 207 Å². The minimum Gasteiger partial charge on any atom is -0.497 e. The summed E-state index contributed by atoms with van der Waals surface area (Å²) in [5.74, 6) is 0.231. The van der Waals surface area contributed by atoms with Gasteiger partial charge >= 0.3 is 0 Å². The number of amides is 2. The standard InChI is InChI=1S/C27H22N4O3S/c1-34-22-13-11-19(12-14-22)15-24-26(33)31(17-20-7-3-2-4-8-20)27(30-24)35-18-25(32)29-23-10-6-5-9-21(23)16-28/h2-15H,17-18H2,1H3,(H,29,32)/b24-15-. The zero-order valence-electron chi connectivity index (χ0n) is 19.0. The van der Waals surface area contributed by atoms with Gasteiger partial charge in [0.25, 0.3) is 5.91 Å². The van der Waals surface area contributed by atoms with E-state index in [4.69, 9.17) is 4.74 Å². The van der Waals surface area contributed by atoms with Crippen LogP contribution >= 0.6 is 11.8 Å². The molecule has 0 fully saturated rings. The predicted molar refractivity (Wildman–Crippen MR) is 138 cm³/mol. The average Bonchev–Trinajstić information content (AvgIpc) is 3.18. The van der Waals surface area contributed by atoms with Gasteiger partial charge in [-0.1, -0.05) is 66.4 Å². The number of nitrogens with one attached hydrogen (secondary N) is 1. The highest BCUT2D eigenvalue weighted by Crippen LogP contribution is 2.26. The molecule has 1 heterocycles. The normalized spacial score (nSPS) is 13.9. The largest absolute Gasteiger partial charge is 0.497 e. The maximum Gasteiger partial charge on any atom is 0.278 e. The third kappa shape index (κ3) is 5.96. The molecule has 1 N–H and O–H groups in total. The summed E-state index contributed by atoms with van der Waals surface area (Å²) in [5.41, 5.74) is 2.90. The molecule has 0 aromatic heterocycles. The molecule has 1 aliphatic rings. The summed E-state index contributed by atoms with van der Waals surface area (Å²) in [6.45, 7) is 0.338. The van der Waals surface area contributed by atoms with Crippen molar-refractivity contribution in [2.75, 3.05) is 18.2 Å². The number of para-hydroxylation sites is 1. The number of rotatable bonds is 7. The first-order chi connectivity index (χ1) is 17.1. The van der Waals surface area contributed by atoms with Crippen LogP contribution in [0.25, 0.3) is 6.08 Å². The number of ether oxygens (including phenoxy) is 1. The van der Waals surface area contributed by atoms with E-state index in [1.165, 1.54) is 11.8 Å². The Bertz CT molecular complexity index is 1330. The first kappa shape index (κ1) is 23.8. The number of nitriles is 1. The van der Waals surface area contributed by atoms with Crippen molar-refractivity contribution in [1.29, 1.82) is 5.26 Å². The molecule has 0 saturated carbocycles. The molecular weight excluding hydrogens is 460 g/mol. The summed E-state index contributed by atoms with van der Waals surface area (Å²) in [6, 6.07) is 25.8. The fourth-order valence-corrected chi connectivity index (χ4v) is 4.21. The van der Waals surface area contributed by atoms with Gasteiger partial charge in [0.1, 0.15) is 17.5 Å².